The van der Waals surface area contributed by atoms with Crippen molar-refractivity contribution >= 4 is 23.6 Å². The number of nitrogens with one attached hydrogen (secondary N) is 1. The van der Waals surface area contributed by atoms with Gasteiger partial charge in [-0.2, -0.15) is 0 Å². The van der Waals surface area contributed by atoms with Gasteiger partial charge in [-0.05, 0) is 30.4 Å². The minimum atomic E-state index is -0.840. The molecular weight excluding hydrogens is 284 g/mol. The van der Waals surface area contributed by atoms with Gasteiger partial charge in [0.15, 0.2) is 0 Å². The topological polar surface area (TPSA) is 75.7 Å². The van der Waals surface area contributed by atoms with E-state index in [1.54, 1.807) is 24.3 Å². The Morgan fingerprint density at radius 3 is 2.23 bits per heavy atom. The van der Waals surface area contributed by atoms with Crippen molar-refractivity contribution in [3.8, 4) is 0 Å². The standard InChI is InChI=1S/C16H14N2O4/c19-14-12-9-6-7-10(8-9)13(12)15(20)18(14)22-16(21)17-11-4-2-1-3-5-11/h1-7,9-10,12-13H,8H2,(H,17,21)/t9-,10+,12-,13-/m0/s1. The maximum absolute atomic E-state index is 12.3. The third-order valence-corrected chi connectivity index (χ3v) is 4.62. The maximum Gasteiger partial charge on any atom is 0.436 e. The summed E-state index contributed by atoms with van der Waals surface area (Å²) in [4.78, 5) is 41.5. The number of hydroxylamine groups is 2. The number of hydrogen-bond acceptors (Lipinski definition) is 4. The lowest BCUT2D eigenvalue weighted by atomic mass is 9.85. The van der Waals surface area contributed by atoms with Crippen molar-refractivity contribution in [2.45, 2.75) is 6.42 Å². The molecule has 3 amide bonds. The van der Waals surface area contributed by atoms with Crippen LogP contribution in [0.2, 0.25) is 0 Å². The van der Waals surface area contributed by atoms with Gasteiger partial charge >= 0.3 is 6.09 Å². The summed E-state index contributed by atoms with van der Waals surface area (Å²) in [5, 5.41) is 3.13. The van der Waals surface area contributed by atoms with Gasteiger partial charge < -0.3 is 4.84 Å². The number of amides is 3. The average Bonchev–Trinajstić information content (AvgIpc) is 3.18. The smallest absolute Gasteiger partial charge is 0.311 e. The van der Waals surface area contributed by atoms with Crippen LogP contribution in [0.1, 0.15) is 6.42 Å². The number of allylic oxidation sites excluding steroid dienone is 2. The van der Waals surface area contributed by atoms with E-state index in [4.69, 9.17) is 4.84 Å². The largest absolute Gasteiger partial charge is 0.436 e. The second-order valence-corrected chi connectivity index (χ2v) is 5.84. The highest BCUT2D eigenvalue weighted by Crippen LogP contribution is 2.52. The molecule has 0 unspecified atom stereocenters. The zero-order valence-electron chi connectivity index (χ0n) is 11.6. The van der Waals surface area contributed by atoms with Crippen molar-refractivity contribution < 1.29 is 19.2 Å². The van der Waals surface area contributed by atoms with Gasteiger partial charge in [-0.3, -0.25) is 14.9 Å². The highest BCUT2D eigenvalue weighted by atomic mass is 16.7. The van der Waals surface area contributed by atoms with Crippen molar-refractivity contribution in [2.75, 3.05) is 5.32 Å². The molecule has 1 aliphatic heterocycles. The third kappa shape index (κ3) is 1.83. The molecule has 1 aromatic rings. The highest BCUT2D eigenvalue weighted by Gasteiger charge is 2.60. The van der Waals surface area contributed by atoms with E-state index in [9.17, 15) is 14.4 Å². The summed E-state index contributed by atoms with van der Waals surface area (Å²) in [6, 6.07) is 8.71. The number of hydrogen-bond donors (Lipinski definition) is 1. The molecule has 6 nitrogen and oxygen atoms in total. The zero-order chi connectivity index (χ0) is 15.3. The Kier molecular flexibility index (Phi) is 2.79. The molecule has 1 saturated heterocycles. The first-order valence-electron chi connectivity index (χ1n) is 7.25. The first-order chi connectivity index (χ1) is 10.6. The predicted octanol–water partition coefficient (Wildman–Crippen LogP) is 1.96. The predicted molar refractivity (Wildman–Crippen MR) is 76.1 cm³/mol. The molecule has 0 spiro atoms. The van der Waals surface area contributed by atoms with Crippen molar-refractivity contribution in [3.05, 3.63) is 42.5 Å². The Morgan fingerprint density at radius 2 is 1.64 bits per heavy atom. The van der Waals surface area contributed by atoms with Gasteiger partial charge in [0, 0.05) is 5.69 Å². The summed E-state index contributed by atoms with van der Waals surface area (Å²) in [7, 11) is 0. The van der Waals surface area contributed by atoms with Crippen LogP contribution >= 0.6 is 0 Å². The second-order valence-electron chi connectivity index (χ2n) is 5.84. The molecule has 2 aliphatic carbocycles. The fourth-order valence-electron chi connectivity index (χ4n) is 3.71. The van der Waals surface area contributed by atoms with Crippen LogP contribution in [-0.2, 0) is 14.4 Å². The SMILES string of the molecule is O=C(Nc1ccccc1)ON1C(=O)[C@@H]2[C@@H](C1=O)[C@H]1C=C[C@@H]2C1. The summed E-state index contributed by atoms with van der Waals surface area (Å²) < 4.78 is 0. The quantitative estimate of drug-likeness (QED) is 0.669. The molecule has 2 fully saturated rings. The van der Waals surface area contributed by atoms with E-state index in [2.05, 4.69) is 5.32 Å². The molecule has 6 heteroatoms. The lowest BCUT2D eigenvalue weighted by Gasteiger charge is -2.16. The fourth-order valence-corrected chi connectivity index (χ4v) is 3.71. The Morgan fingerprint density at radius 1 is 1.05 bits per heavy atom. The molecule has 4 atom stereocenters. The van der Waals surface area contributed by atoms with Crippen molar-refractivity contribution in [1.29, 1.82) is 0 Å². The van der Waals surface area contributed by atoms with Crippen LogP contribution in [0.3, 0.4) is 0 Å². The van der Waals surface area contributed by atoms with Gasteiger partial charge in [0.25, 0.3) is 11.8 Å². The van der Waals surface area contributed by atoms with Gasteiger partial charge in [0.2, 0.25) is 0 Å². The lowest BCUT2D eigenvalue weighted by molar-refractivity contribution is -0.173. The molecule has 0 radical (unpaired) electrons. The first kappa shape index (κ1) is 13.1. The Hall–Kier alpha value is -2.63. The molecule has 1 heterocycles. The van der Waals surface area contributed by atoms with E-state index in [0.717, 1.165) is 6.42 Å². The van der Waals surface area contributed by atoms with Gasteiger partial charge in [-0.1, -0.05) is 30.4 Å². The average molecular weight is 298 g/mol. The molecule has 4 rings (SSSR count). The Bertz CT molecular complexity index is 655. The van der Waals surface area contributed by atoms with Crippen molar-refractivity contribution in [3.63, 3.8) is 0 Å². The van der Waals surface area contributed by atoms with Crippen LogP contribution in [0.15, 0.2) is 42.5 Å². The number of benzene rings is 1. The number of para-hydroxylation sites is 1. The van der Waals surface area contributed by atoms with Crippen LogP contribution in [-0.4, -0.2) is 23.0 Å². The minimum Gasteiger partial charge on any atom is -0.311 e. The van der Waals surface area contributed by atoms with E-state index in [0.29, 0.717) is 10.8 Å². The molecule has 3 aliphatic rings. The molecule has 112 valence electrons. The maximum atomic E-state index is 12.3. The molecule has 1 saturated carbocycles. The van der Waals surface area contributed by atoms with Crippen LogP contribution in [0, 0.1) is 23.7 Å². The summed E-state index contributed by atoms with van der Waals surface area (Å²) in [5.41, 5.74) is 0.536. The number of anilines is 1. The number of imide groups is 1. The first-order valence-corrected chi connectivity index (χ1v) is 7.25. The van der Waals surface area contributed by atoms with Gasteiger partial charge in [-0.15, -0.1) is 5.06 Å². The van der Waals surface area contributed by atoms with E-state index < -0.39 is 17.9 Å². The van der Waals surface area contributed by atoms with Crippen LogP contribution in [0.4, 0.5) is 10.5 Å². The highest BCUT2D eigenvalue weighted by molar-refractivity contribution is 6.06. The summed E-state index contributed by atoms with van der Waals surface area (Å²) in [6.45, 7) is 0. The van der Waals surface area contributed by atoms with Crippen LogP contribution in [0.5, 0.6) is 0 Å². The molecular formula is C16H14N2O4. The summed E-state index contributed by atoms with van der Waals surface area (Å²) in [6.07, 6.45) is 3.99. The number of carbonyl (C=O) groups is 3. The minimum absolute atomic E-state index is 0.0947. The molecule has 2 bridgehead atoms. The second kappa shape index (κ2) is 4.69. The van der Waals surface area contributed by atoms with Crippen LogP contribution < -0.4 is 5.32 Å². The van der Waals surface area contributed by atoms with Crippen LogP contribution in [0.25, 0.3) is 0 Å². The molecule has 1 aromatic carbocycles. The van der Waals surface area contributed by atoms with E-state index >= 15 is 0 Å². The summed E-state index contributed by atoms with van der Waals surface area (Å²) >= 11 is 0. The van der Waals surface area contributed by atoms with E-state index in [1.807, 2.05) is 18.2 Å². The van der Waals surface area contributed by atoms with E-state index in [-0.39, 0.29) is 23.7 Å². The lowest BCUT2D eigenvalue weighted by Crippen LogP contribution is -2.36. The molecule has 1 N–H and O–H groups in total. The zero-order valence-corrected chi connectivity index (χ0v) is 11.6. The number of fused-ring (bicyclic) bond motifs is 5. The Labute approximate surface area is 126 Å². The van der Waals surface area contributed by atoms with Gasteiger partial charge in [0.1, 0.15) is 0 Å². The number of rotatable bonds is 2. The van der Waals surface area contributed by atoms with E-state index in [1.165, 1.54) is 0 Å². The van der Waals surface area contributed by atoms with Gasteiger partial charge in [-0.25, -0.2) is 4.79 Å². The van der Waals surface area contributed by atoms with Gasteiger partial charge in [0.05, 0.1) is 11.8 Å². The number of nitrogens with zero attached hydrogens (tertiary/aromatic N) is 1. The molecule has 22 heavy (non-hydrogen) atoms. The number of carbonyl (C=O) groups excluding carboxylic acids is 3. The Balaban J connectivity index is 1.47. The van der Waals surface area contributed by atoms with Crippen molar-refractivity contribution in [1.82, 2.24) is 5.06 Å². The monoisotopic (exact) mass is 298 g/mol. The summed E-state index contributed by atoms with van der Waals surface area (Å²) in [5.74, 6) is -1.36. The molecule has 0 aromatic heterocycles. The third-order valence-electron chi connectivity index (χ3n) is 4.62. The fraction of sp³-hybridized carbons (Fsp3) is 0.312. The van der Waals surface area contributed by atoms with Crippen molar-refractivity contribution in [2.24, 2.45) is 23.7 Å². The normalized spacial score (nSPS) is 31.5.